The Morgan fingerprint density at radius 3 is 2.25 bits per heavy atom. The summed E-state index contributed by atoms with van der Waals surface area (Å²) in [6.45, 7) is 3.16. The van der Waals surface area contributed by atoms with Crippen molar-refractivity contribution in [2.24, 2.45) is 0 Å². The van der Waals surface area contributed by atoms with E-state index in [4.69, 9.17) is 4.98 Å². The zero-order chi connectivity index (χ0) is 18.9. The summed E-state index contributed by atoms with van der Waals surface area (Å²) >= 11 is 0. The third kappa shape index (κ3) is 2.71. The maximum Gasteiger partial charge on any atom is 0.139 e. The van der Waals surface area contributed by atoms with Gasteiger partial charge in [0, 0.05) is 18.3 Å². The summed E-state index contributed by atoms with van der Waals surface area (Å²) in [4.78, 5) is 5.06. The Morgan fingerprint density at radius 1 is 0.857 bits per heavy atom. The quantitative estimate of drug-likeness (QED) is 0.284. The third-order valence-corrected chi connectivity index (χ3v) is 5.36. The molecule has 5 rings (SSSR count). The average molecular weight is 365 g/mol. The van der Waals surface area contributed by atoms with Crippen LogP contribution in [0.4, 0.5) is 5.82 Å². The van der Waals surface area contributed by atoms with Gasteiger partial charge >= 0.3 is 0 Å². The fourth-order valence-electron chi connectivity index (χ4n) is 3.99. The van der Waals surface area contributed by atoms with Crippen molar-refractivity contribution in [1.82, 2.24) is 9.38 Å². The molecule has 28 heavy (non-hydrogen) atoms. The van der Waals surface area contributed by atoms with Crippen LogP contribution in [0.1, 0.15) is 19.8 Å². The Labute approximate surface area is 164 Å². The smallest absolute Gasteiger partial charge is 0.139 e. The van der Waals surface area contributed by atoms with Gasteiger partial charge in [0.1, 0.15) is 17.2 Å². The molecule has 3 heteroatoms. The first kappa shape index (κ1) is 16.8. The van der Waals surface area contributed by atoms with Gasteiger partial charge in [0.25, 0.3) is 0 Å². The third-order valence-electron chi connectivity index (χ3n) is 5.36. The molecule has 1 N–H and O–H groups in total. The molecule has 0 aliphatic carbocycles. The van der Waals surface area contributed by atoms with Crippen LogP contribution in [0.3, 0.4) is 0 Å². The Hall–Kier alpha value is -3.33. The lowest BCUT2D eigenvalue weighted by atomic mass is 9.95. The second kappa shape index (κ2) is 7.01. The SMILES string of the molecule is CCCCNc1c(-c2c3ccccc3cc3ccccc23)nc2ccccn12. The Bertz CT molecular complexity index is 1230. The number of nitrogens with one attached hydrogen (secondary N) is 1. The lowest BCUT2D eigenvalue weighted by Gasteiger charge is -2.13. The molecule has 0 bridgehead atoms. The van der Waals surface area contributed by atoms with Crippen molar-refractivity contribution in [1.29, 1.82) is 0 Å². The molecule has 0 amide bonds. The molecule has 0 aliphatic rings. The first-order valence-corrected chi connectivity index (χ1v) is 9.98. The number of fused-ring (bicyclic) bond motifs is 3. The van der Waals surface area contributed by atoms with Crippen LogP contribution >= 0.6 is 0 Å². The molecule has 0 radical (unpaired) electrons. The van der Waals surface area contributed by atoms with Crippen LogP contribution in [-0.2, 0) is 0 Å². The van der Waals surface area contributed by atoms with Gasteiger partial charge in [0.2, 0.25) is 0 Å². The van der Waals surface area contributed by atoms with Crippen LogP contribution in [0.15, 0.2) is 79.0 Å². The number of pyridine rings is 1. The van der Waals surface area contributed by atoms with Crippen molar-refractivity contribution in [2.45, 2.75) is 19.8 Å². The maximum atomic E-state index is 5.06. The molecular formula is C25H23N3. The summed E-state index contributed by atoms with van der Waals surface area (Å²) in [6, 6.07) is 25.7. The van der Waals surface area contributed by atoms with Gasteiger partial charge in [-0.25, -0.2) is 4.98 Å². The second-order valence-electron chi connectivity index (χ2n) is 7.21. The van der Waals surface area contributed by atoms with Crippen molar-refractivity contribution in [3.63, 3.8) is 0 Å². The highest BCUT2D eigenvalue weighted by Crippen LogP contribution is 2.39. The van der Waals surface area contributed by atoms with Crippen LogP contribution in [0.5, 0.6) is 0 Å². The van der Waals surface area contributed by atoms with E-state index in [-0.39, 0.29) is 0 Å². The van der Waals surface area contributed by atoms with Crippen molar-refractivity contribution in [2.75, 3.05) is 11.9 Å². The van der Waals surface area contributed by atoms with E-state index in [9.17, 15) is 0 Å². The molecule has 5 aromatic rings. The van der Waals surface area contributed by atoms with Gasteiger partial charge < -0.3 is 5.32 Å². The number of rotatable bonds is 5. The average Bonchev–Trinajstić information content (AvgIpc) is 3.10. The normalized spacial score (nSPS) is 11.5. The van der Waals surface area contributed by atoms with E-state index < -0.39 is 0 Å². The number of hydrogen-bond donors (Lipinski definition) is 1. The van der Waals surface area contributed by atoms with Crippen molar-refractivity contribution >= 4 is 33.0 Å². The lowest BCUT2D eigenvalue weighted by Crippen LogP contribution is -2.05. The van der Waals surface area contributed by atoms with Crippen molar-refractivity contribution in [3.8, 4) is 11.3 Å². The molecule has 3 aromatic carbocycles. The topological polar surface area (TPSA) is 29.3 Å². The molecule has 2 heterocycles. The highest BCUT2D eigenvalue weighted by Gasteiger charge is 2.18. The number of anilines is 1. The molecule has 0 fully saturated rings. The van der Waals surface area contributed by atoms with Crippen LogP contribution in [0, 0.1) is 0 Å². The van der Waals surface area contributed by atoms with Gasteiger partial charge in [0.05, 0.1) is 0 Å². The summed E-state index contributed by atoms with van der Waals surface area (Å²) in [5, 5.41) is 8.63. The Kier molecular flexibility index (Phi) is 4.21. The summed E-state index contributed by atoms with van der Waals surface area (Å²) < 4.78 is 2.17. The van der Waals surface area contributed by atoms with E-state index in [1.807, 2.05) is 6.07 Å². The van der Waals surface area contributed by atoms with Crippen molar-refractivity contribution in [3.05, 3.63) is 79.0 Å². The summed E-state index contributed by atoms with van der Waals surface area (Å²) in [5.41, 5.74) is 3.19. The minimum atomic E-state index is 0.939. The van der Waals surface area contributed by atoms with Crippen molar-refractivity contribution < 1.29 is 0 Å². The Morgan fingerprint density at radius 2 is 1.54 bits per heavy atom. The van der Waals surface area contributed by atoms with E-state index in [1.54, 1.807) is 0 Å². The van der Waals surface area contributed by atoms with Gasteiger partial charge in [-0.15, -0.1) is 0 Å². The Balaban J connectivity index is 1.86. The second-order valence-corrected chi connectivity index (χ2v) is 7.21. The molecule has 0 saturated heterocycles. The first-order chi connectivity index (χ1) is 13.9. The molecule has 0 aliphatic heterocycles. The van der Waals surface area contributed by atoms with E-state index >= 15 is 0 Å². The zero-order valence-electron chi connectivity index (χ0n) is 16.0. The van der Waals surface area contributed by atoms with E-state index in [0.29, 0.717) is 0 Å². The molecule has 138 valence electrons. The predicted molar refractivity (Wildman–Crippen MR) is 119 cm³/mol. The number of unbranched alkanes of at least 4 members (excludes halogenated alkanes) is 1. The molecule has 0 atom stereocenters. The lowest BCUT2D eigenvalue weighted by molar-refractivity contribution is 0.830. The summed E-state index contributed by atoms with van der Waals surface area (Å²) in [7, 11) is 0. The van der Waals surface area contributed by atoms with Crippen LogP contribution in [0.25, 0.3) is 38.4 Å². The predicted octanol–water partition coefficient (Wildman–Crippen LogP) is 6.52. The van der Waals surface area contributed by atoms with E-state index in [2.05, 4.69) is 89.6 Å². The zero-order valence-corrected chi connectivity index (χ0v) is 16.0. The largest absolute Gasteiger partial charge is 0.369 e. The number of aromatic nitrogens is 2. The fraction of sp³-hybridized carbons (Fsp3) is 0.160. The van der Waals surface area contributed by atoms with E-state index in [0.717, 1.165) is 36.5 Å². The van der Waals surface area contributed by atoms with Gasteiger partial charge in [-0.2, -0.15) is 0 Å². The van der Waals surface area contributed by atoms with Gasteiger partial charge in [-0.05, 0) is 46.2 Å². The maximum absolute atomic E-state index is 5.06. The highest BCUT2D eigenvalue weighted by molar-refractivity contribution is 6.13. The molecule has 0 saturated carbocycles. The molecule has 3 nitrogen and oxygen atoms in total. The minimum absolute atomic E-state index is 0.939. The number of imidazole rings is 1. The van der Waals surface area contributed by atoms with Crippen LogP contribution in [-0.4, -0.2) is 15.9 Å². The number of benzene rings is 3. The molecule has 2 aromatic heterocycles. The van der Waals surface area contributed by atoms with E-state index in [1.165, 1.54) is 27.1 Å². The van der Waals surface area contributed by atoms with Crippen LogP contribution in [0.2, 0.25) is 0 Å². The highest BCUT2D eigenvalue weighted by atomic mass is 15.1. The van der Waals surface area contributed by atoms with Crippen LogP contribution < -0.4 is 5.32 Å². The molecule has 0 spiro atoms. The molecular weight excluding hydrogens is 342 g/mol. The van der Waals surface area contributed by atoms with Gasteiger partial charge in [-0.3, -0.25) is 4.40 Å². The fourth-order valence-corrected chi connectivity index (χ4v) is 3.99. The monoisotopic (exact) mass is 365 g/mol. The summed E-state index contributed by atoms with van der Waals surface area (Å²) in [5.74, 6) is 1.07. The first-order valence-electron chi connectivity index (χ1n) is 9.98. The number of hydrogen-bond acceptors (Lipinski definition) is 2. The van der Waals surface area contributed by atoms with Gasteiger partial charge in [0.15, 0.2) is 0 Å². The number of nitrogens with zero attached hydrogens (tertiary/aromatic N) is 2. The van der Waals surface area contributed by atoms with Gasteiger partial charge in [-0.1, -0.05) is 67.9 Å². The minimum Gasteiger partial charge on any atom is -0.369 e. The molecule has 0 unspecified atom stereocenters. The standard InChI is InChI=1S/C25H23N3/c1-2-3-15-26-25-24(27-22-14-8-9-16-28(22)25)23-20-12-6-4-10-18(20)17-19-11-5-7-13-21(19)23/h4-14,16-17,26H,2-3,15H2,1H3. The summed E-state index contributed by atoms with van der Waals surface area (Å²) in [6.07, 6.45) is 4.39.